The van der Waals surface area contributed by atoms with Crippen molar-refractivity contribution in [1.29, 1.82) is 0 Å². The molecule has 2 aromatic carbocycles. The van der Waals surface area contributed by atoms with Gasteiger partial charge in [0.1, 0.15) is 23.3 Å². The second-order valence-electron chi connectivity index (χ2n) is 12.6. The fourth-order valence-corrected chi connectivity index (χ4v) is 5.97. The Morgan fingerprint density at radius 3 is 1.46 bits per heavy atom. The molecule has 4 fully saturated rings. The number of nitrogens with zero attached hydrogens (tertiary/aromatic N) is 6. The quantitative estimate of drug-likeness (QED) is 0.250. The lowest BCUT2D eigenvalue weighted by Gasteiger charge is -2.15. The average Bonchev–Trinajstić information content (AvgIpc) is 4.03. The Morgan fingerprint density at radius 2 is 1.04 bits per heavy atom. The number of likely N-dealkylation sites (N-methyl/N-ethyl adjacent to an activating group) is 2. The Labute approximate surface area is 278 Å². The largest absolute Gasteiger partial charge is 0.326 e. The highest BCUT2D eigenvalue weighted by molar-refractivity contribution is 5.95. The maximum atomic E-state index is 13.1. The number of rotatable bonds is 2. The third kappa shape index (κ3) is 6.17. The normalized spacial score (nSPS) is 17.8. The molecule has 4 aliphatic rings. The number of hydrogen-bond acceptors (Lipinski definition) is 4. The Kier molecular flexibility index (Phi) is 7.80. The van der Waals surface area contributed by atoms with Gasteiger partial charge in [-0.1, -0.05) is 29.7 Å². The van der Waals surface area contributed by atoms with Gasteiger partial charge in [0.05, 0.1) is 24.2 Å². The molecule has 2 aliphatic heterocycles. The van der Waals surface area contributed by atoms with E-state index in [0.29, 0.717) is 30.3 Å². The van der Waals surface area contributed by atoms with Crippen LogP contribution < -0.4 is 9.80 Å². The van der Waals surface area contributed by atoms with Gasteiger partial charge in [0.25, 0.3) is 0 Å². The summed E-state index contributed by atoms with van der Waals surface area (Å²) in [6, 6.07) is 19.5. The standard InChI is InChI=1S/2C19H16FN3O/c1-22-18(24)23(13-19(22)10-11-19)17-9-6-15(12-21-17)3-2-14-4-7-16(20)8-5-14;1-22-18(24)23(13-19(22)9-10-19)17-8-7-15(12-21-17)6-5-14-3-2-4-16(20)11-14/h4-9,12H,10-11,13H2,1H3;2-4,7-8,11-12H,9-10,13H2,1H3. The van der Waals surface area contributed by atoms with Gasteiger partial charge in [-0.15, -0.1) is 0 Å². The van der Waals surface area contributed by atoms with Gasteiger partial charge in [-0.3, -0.25) is 9.80 Å². The van der Waals surface area contributed by atoms with E-state index in [1.165, 1.54) is 24.3 Å². The van der Waals surface area contributed by atoms with Crippen molar-refractivity contribution in [3.63, 3.8) is 0 Å². The molecular weight excluding hydrogens is 610 g/mol. The van der Waals surface area contributed by atoms with Gasteiger partial charge in [0, 0.05) is 48.7 Å². The van der Waals surface area contributed by atoms with Crippen molar-refractivity contribution in [3.8, 4) is 23.7 Å². The van der Waals surface area contributed by atoms with Crippen LogP contribution in [0, 0.1) is 35.3 Å². The van der Waals surface area contributed by atoms with E-state index in [-0.39, 0.29) is 34.8 Å². The van der Waals surface area contributed by atoms with E-state index < -0.39 is 0 Å². The van der Waals surface area contributed by atoms with E-state index in [1.54, 1.807) is 46.5 Å². The van der Waals surface area contributed by atoms with Crippen LogP contribution in [0.1, 0.15) is 47.9 Å². The molecule has 240 valence electrons. The highest BCUT2D eigenvalue weighted by atomic mass is 19.1. The molecule has 8 nitrogen and oxygen atoms in total. The molecule has 0 atom stereocenters. The van der Waals surface area contributed by atoms with Gasteiger partial charge in [-0.2, -0.15) is 0 Å². The maximum Gasteiger partial charge on any atom is 0.326 e. The van der Waals surface area contributed by atoms with Crippen LogP contribution in [0.3, 0.4) is 0 Å². The number of carbonyl (C=O) groups is 2. The third-order valence-corrected chi connectivity index (χ3v) is 9.44. The lowest BCUT2D eigenvalue weighted by molar-refractivity contribution is 0.214. The molecule has 2 saturated carbocycles. The maximum absolute atomic E-state index is 13.1. The molecule has 48 heavy (non-hydrogen) atoms. The number of amides is 4. The summed E-state index contributed by atoms with van der Waals surface area (Å²) in [6.07, 6.45) is 7.55. The van der Waals surface area contributed by atoms with E-state index >= 15 is 0 Å². The van der Waals surface area contributed by atoms with Gasteiger partial charge in [-0.25, -0.2) is 28.3 Å². The zero-order valence-corrected chi connectivity index (χ0v) is 26.6. The first kappa shape index (κ1) is 30.9. The smallest absolute Gasteiger partial charge is 0.320 e. The van der Waals surface area contributed by atoms with Crippen molar-refractivity contribution in [2.75, 3.05) is 37.0 Å². The van der Waals surface area contributed by atoms with Crippen LogP contribution in [0.25, 0.3) is 0 Å². The van der Waals surface area contributed by atoms with Gasteiger partial charge in [0.15, 0.2) is 0 Å². The zero-order chi connectivity index (χ0) is 33.5. The first-order valence-corrected chi connectivity index (χ1v) is 15.7. The molecule has 4 amide bonds. The average molecular weight is 643 g/mol. The van der Waals surface area contributed by atoms with Crippen molar-refractivity contribution in [2.24, 2.45) is 0 Å². The molecule has 10 heteroatoms. The van der Waals surface area contributed by atoms with E-state index in [9.17, 15) is 18.4 Å². The molecule has 2 saturated heterocycles. The minimum Gasteiger partial charge on any atom is -0.320 e. The summed E-state index contributed by atoms with van der Waals surface area (Å²) in [7, 11) is 3.71. The molecule has 0 N–H and O–H groups in total. The lowest BCUT2D eigenvalue weighted by Crippen LogP contribution is -2.32. The van der Waals surface area contributed by atoms with E-state index in [2.05, 4.69) is 33.6 Å². The van der Waals surface area contributed by atoms with Crippen molar-refractivity contribution in [3.05, 3.63) is 119 Å². The minimum absolute atomic E-state index is 0.00130. The minimum atomic E-state index is -0.305. The molecule has 0 bridgehead atoms. The number of anilines is 2. The van der Waals surface area contributed by atoms with Gasteiger partial charge in [0.2, 0.25) is 0 Å². The second-order valence-corrected chi connectivity index (χ2v) is 12.6. The number of pyridine rings is 2. The molecule has 0 radical (unpaired) electrons. The van der Waals surface area contributed by atoms with Gasteiger partial charge < -0.3 is 9.80 Å². The number of urea groups is 2. The SMILES string of the molecule is CN1C(=O)N(c2ccc(C#Cc3ccc(F)cc3)cn2)CC12CC2.CN1C(=O)N(c2ccc(C#Cc3cccc(F)c3)cn2)CC12CC2. The molecule has 2 aromatic heterocycles. The molecule has 0 unspecified atom stereocenters. The first-order chi connectivity index (χ1) is 23.1. The topological polar surface area (TPSA) is 72.9 Å². The van der Waals surface area contributed by atoms with Crippen molar-refractivity contribution >= 4 is 23.7 Å². The summed E-state index contributed by atoms with van der Waals surface area (Å²) in [5, 5.41) is 0. The van der Waals surface area contributed by atoms with Crippen LogP contribution in [-0.4, -0.2) is 70.1 Å². The molecule has 4 heterocycles. The first-order valence-electron chi connectivity index (χ1n) is 15.7. The highest BCUT2D eigenvalue weighted by Gasteiger charge is 2.57. The Bertz CT molecular complexity index is 2000. The number of carbonyl (C=O) groups excluding carboxylic acids is 2. The van der Waals surface area contributed by atoms with Crippen LogP contribution in [0.15, 0.2) is 85.2 Å². The predicted molar refractivity (Wildman–Crippen MR) is 178 cm³/mol. The summed E-state index contributed by atoms with van der Waals surface area (Å²) in [5.74, 6) is 12.6. The molecule has 2 aliphatic carbocycles. The monoisotopic (exact) mass is 642 g/mol. The van der Waals surface area contributed by atoms with Gasteiger partial charge >= 0.3 is 12.1 Å². The van der Waals surface area contributed by atoms with E-state index in [4.69, 9.17) is 0 Å². The lowest BCUT2D eigenvalue weighted by atomic mass is 10.2. The van der Waals surface area contributed by atoms with Crippen LogP contribution in [0.4, 0.5) is 30.0 Å². The summed E-state index contributed by atoms with van der Waals surface area (Å²) >= 11 is 0. The molecular formula is C38H32F2N6O2. The van der Waals surface area contributed by atoms with Crippen molar-refractivity contribution < 1.29 is 18.4 Å². The third-order valence-electron chi connectivity index (χ3n) is 9.44. The summed E-state index contributed by atoms with van der Waals surface area (Å²) in [6.45, 7) is 1.40. The highest BCUT2D eigenvalue weighted by Crippen LogP contribution is 2.47. The summed E-state index contributed by atoms with van der Waals surface area (Å²) in [5.41, 5.74) is 2.89. The summed E-state index contributed by atoms with van der Waals surface area (Å²) < 4.78 is 26.0. The van der Waals surface area contributed by atoms with Gasteiger partial charge in [-0.05, 0) is 92.4 Å². The van der Waals surface area contributed by atoms with Crippen LogP contribution in [-0.2, 0) is 0 Å². The molecule has 4 aromatic rings. The number of halogens is 2. The molecule has 8 rings (SSSR count). The molecule has 2 spiro atoms. The van der Waals surface area contributed by atoms with E-state index in [0.717, 1.165) is 42.4 Å². The number of benzene rings is 2. The zero-order valence-electron chi connectivity index (χ0n) is 26.6. The summed E-state index contributed by atoms with van der Waals surface area (Å²) in [4.78, 5) is 40.5. The van der Waals surface area contributed by atoms with Crippen molar-refractivity contribution in [2.45, 2.75) is 36.8 Å². The van der Waals surface area contributed by atoms with Crippen LogP contribution in [0.5, 0.6) is 0 Å². The van der Waals surface area contributed by atoms with Crippen LogP contribution in [0.2, 0.25) is 0 Å². The Balaban J connectivity index is 0.000000152. The van der Waals surface area contributed by atoms with E-state index in [1.807, 2.05) is 48.2 Å². The Hall–Kier alpha value is -5.74. The van der Waals surface area contributed by atoms with Crippen LogP contribution >= 0.6 is 0 Å². The fourth-order valence-electron chi connectivity index (χ4n) is 5.97. The van der Waals surface area contributed by atoms with Crippen molar-refractivity contribution in [1.82, 2.24) is 19.8 Å². The fraction of sp³-hybridized carbons (Fsp3) is 0.263. The number of hydrogen-bond donors (Lipinski definition) is 0. The number of aromatic nitrogens is 2. The predicted octanol–water partition coefficient (Wildman–Crippen LogP) is 6.05. The Morgan fingerprint density at radius 1 is 0.583 bits per heavy atom. The second kappa shape index (κ2) is 12.1.